The van der Waals surface area contributed by atoms with Crippen molar-refractivity contribution in [2.45, 2.75) is 52.0 Å². The van der Waals surface area contributed by atoms with Gasteiger partial charge in [-0.05, 0) is 18.8 Å². The van der Waals surface area contributed by atoms with E-state index >= 15 is 0 Å². The van der Waals surface area contributed by atoms with Gasteiger partial charge in [-0.1, -0.05) is 27.7 Å². The van der Waals surface area contributed by atoms with Crippen molar-refractivity contribution in [3.63, 3.8) is 0 Å². The third-order valence-corrected chi connectivity index (χ3v) is 3.67. The Balaban J connectivity index is 3.16. The van der Waals surface area contributed by atoms with Gasteiger partial charge in [-0.3, -0.25) is 0 Å². The van der Waals surface area contributed by atoms with Crippen LogP contribution in [0.4, 0.5) is 11.6 Å². The molecule has 21 heavy (non-hydrogen) atoms. The molecular weight excluding hydrogens is 268 g/mol. The van der Waals surface area contributed by atoms with E-state index in [0.717, 1.165) is 24.3 Å². The van der Waals surface area contributed by atoms with Crippen LogP contribution in [0.1, 0.15) is 52.0 Å². The van der Waals surface area contributed by atoms with E-state index < -0.39 is 5.54 Å². The van der Waals surface area contributed by atoms with Crippen LogP contribution in [0.5, 0.6) is 0 Å². The van der Waals surface area contributed by atoms with Crippen LogP contribution >= 0.6 is 0 Å². The second kappa shape index (κ2) is 8.14. The smallest absolute Gasteiger partial charge is 0.135 e. The van der Waals surface area contributed by atoms with Crippen molar-refractivity contribution in [1.29, 1.82) is 0 Å². The highest BCUT2D eigenvalue weighted by atomic mass is 16.3. The first kappa shape index (κ1) is 17.7. The van der Waals surface area contributed by atoms with Gasteiger partial charge in [0, 0.05) is 12.1 Å². The van der Waals surface area contributed by atoms with E-state index in [4.69, 9.17) is 0 Å². The van der Waals surface area contributed by atoms with Crippen molar-refractivity contribution < 1.29 is 10.2 Å². The van der Waals surface area contributed by atoms with Crippen molar-refractivity contribution >= 4 is 11.6 Å². The second-order valence-electron chi connectivity index (χ2n) is 5.64. The molecule has 0 atom stereocenters. The minimum Gasteiger partial charge on any atom is -0.394 e. The zero-order chi connectivity index (χ0) is 15.9. The summed E-state index contributed by atoms with van der Waals surface area (Å²) in [5.41, 5.74) is 0.214. The van der Waals surface area contributed by atoms with Gasteiger partial charge in [-0.25, -0.2) is 9.97 Å². The van der Waals surface area contributed by atoms with E-state index in [1.54, 1.807) is 0 Å². The predicted molar refractivity (Wildman–Crippen MR) is 85.7 cm³/mol. The minimum atomic E-state index is -0.764. The first-order chi connectivity index (χ1) is 10.0. The Kier molecular flexibility index (Phi) is 6.84. The zero-order valence-electron chi connectivity index (χ0n) is 13.5. The summed E-state index contributed by atoms with van der Waals surface area (Å²) in [5.74, 6) is 1.70. The van der Waals surface area contributed by atoms with E-state index in [1.165, 1.54) is 6.33 Å². The highest BCUT2D eigenvalue weighted by Crippen LogP contribution is 2.30. The van der Waals surface area contributed by atoms with Crippen LogP contribution in [-0.2, 0) is 0 Å². The number of rotatable bonds is 9. The molecule has 6 heteroatoms. The molecule has 1 aromatic heterocycles. The summed E-state index contributed by atoms with van der Waals surface area (Å²) in [6.07, 6.45) is 3.11. The molecule has 0 saturated heterocycles. The van der Waals surface area contributed by atoms with E-state index in [0.29, 0.717) is 12.2 Å². The van der Waals surface area contributed by atoms with Gasteiger partial charge in [-0.15, -0.1) is 0 Å². The number of aliphatic hydroxyl groups excluding tert-OH is 2. The number of hydrogen-bond donors (Lipinski definition) is 4. The third kappa shape index (κ3) is 4.28. The van der Waals surface area contributed by atoms with Gasteiger partial charge in [0.2, 0.25) is 0 Å². The molecule has 0 unspecified atom stereocenters. The summed E-state index contributed by atoms with van der Waals surface area (Å²) in [7, 11) is 0. The summed E-state index contributed by atoms with van der Waals surface area (Å²) in [6, 6.07) is 0. The monoisotopic (exact) mass is 296 g/mol. The van der Waals surface area contributed by atoms with Gasteiger partial charge in [0.15, 0.2) is 0 Å². The molecule has 0 fully saturated rings. The third-order valence-electron chi connectivity index (χ3n) is 3.67. The summed E-state index contributed by atoms with van der Waals surface area (Å²) in [4.78, 5) is 8.63. The standard InChI is InChI=1S/C15H28N4O2/c1-5-7-16-13-12(11(3)4)14(18-10-17-13)19-15(6-2,8-20)9-21/h10-11,20-21H,5-9H2,1-4H3,(H2,16,17,18,19). The molecule has 0 aromatic carbocycles. The molecule has 0 spiro atoms. The van der Waals surface area contributed by atoms with Crippen LogP contribution in [0.2, 0.25) is 0 Å². The van der Waals surface area contributed by atoms with E-state index in [1.807, 2.05) is 6.92 Å². The molecule has 1 rings (SSSR count). The van der Waals surface area contributed by atoms with Crippen LogP contribution in [0.3, 0.4) is 0 Å². The van der Waals surface area contributed by atoms with Gasteiger partial charge in [0.1, 0.15) is 18.0 Å². The van der Waals surface area contributed by atoms with Crippen molar-refractivity contribution in [1.82, 2.24) is 9.97 Å². The Morgan fingerprint density at radius 3 is 2.24 bits per heavy atom. The fourth-order valence-electron chi connectivity index (χ4n) is 2.12. The SMILES string of the molecule is CCCNc1ncnc(NC(CC)(CO)CO)c1C(C)C. The number of aromatic nitrogens is 2. The number of nitrogens with one attached hydrogen (secondary N) is 2. The highest BCUT2D eigenvalue weighted by molar-refractivity contribution is 5.60. The molecular formula is C15H28N4O2. The molecule has 120 valence electrons. The molecule has 0 radical (unpaired) electrons. The lowest BCUT2D eigenvalue weighted by Gasteiger charge is -2.32. The first-order valence-corrected chi connectivity index (χ1v) is 7.62. The van der Waals surface area contributed by atoms with Crippen LogP contribution in [-0.4, -0.2) is 45.5 Å². The normalized spacial score (nSPS) is 11.8. The van der Waals surface area contributed by atoms with Crippen LogP contribution < -0.4 is 10.6 Å². The summed E-state index contributed by atoms with van der Waals surface area (Å²) in [6.45, 7) is 8.71. The zero-order valence-corrected chi connectivity index (χ0v) is 13.5. The molecule has 6 nitrogen and oxygen atoms in total. The Labute approximate surface area is 127 Å². The Morgan fingerprint density at radius 2 is 1.76 bits per heavy atom. The average Bonchev–Trinajstić information content (AvgIpc) is 2.50. The highest BCUT2D eigenvalue weighted by Gasteiger charge is 2.29. The fourth-order valence-corrected chi connectivity index (χ4v) is 2.12. The van der Waals surface area contributed by atoms with Gasteiger partial charge in [0.25, 0.3) is 0 Å². The van der Waals surface area contributed by atoms with E-state index in [-0.39, 0.29) is 19.1 Å². The van der Waals surface area contributed by atoms with Crippen molar-refractivity contribution in [3.05, 3.63) is 11.9 Å². The van der Waals surface area contributed by atoms with Gasteiger partial charge < -0.3 is 20.8 Å². The van der Waals surface area contributed by atoms with Gasteiger partial charge in [-0.2, -0.15) is 0 Å². The predicted octanol–water partition coefficient (Wildman–Crippen LogP) is 1.97. The van der Waals surface area contributed by atoms with Crippen LogP contribution in [0, 0.1) is 0 Å². The largest absolute Gasteiger partial charge is 0.394 e. The molecule has 0 aliphatic heterocycles. The van der Waals surface area contributed by atoms with Crippen molar-refractivity contribution in [2.24, 2.45) is 0 Å². The van der Waals surface area contributed by atoms with Gasteiger partial charge >= 0.3 is 0 Å². The molecule has 0 aliphatic carbocycles. The molecule has 1 heterocycles. The quantitative estimate of drug-likeness (QED) is 0.557. The number of hydrogen-bond acceptors (Lipinski definition) is 6. The Bertz CT molecular complexity index is 425. The maximum atomic E-state index is 9.60. The van der Waals surface area contributed by atoms with E-state index in [9.17, 15) is 10.2 Å². The number of nitrogens with zero attached hydrogens (tertiary/aromatic N) is 2. The molecule has 0 aliphatic rings. The van der Waals surface area contributed by atoms with Crippen LogP contribution in [0.15, 0.2) is 6.33 Å². The van der Waals surface area contributed by atoms with Gasteiger partial charge in [0.05, 0.1) is 18.8 Å². The lowest BCUT2D eigenvalue weighted by molar-refractivity contribution is 0.132. The maximum Gasteiger partial charge on any atom is 0.135 e. The first-order valence-electron chi connectivity index (χ1n) is 7.62. The average molecular weight is 296 g/mol. The number of anilines is 2. The molecule has 4 N–H and O–H groups in total. The maximum absolute atomic E-state index is 9.60. The summed E-state index contributed by atoms with van der Waals surface area (Å²) in [5, 5.41) is 25.7. The fraction of sp³-hybridized carbons (Fsp3) is 0.733. The topological polar surface area (TPSA) is 90.3 Å². The lowest BCUT2D eigenvalue weighted by Crippen LogP contribution is -2.45. The Hall–Kier alpha value is -1.40. The second-order valence-corrected chi connectivity index (χ2v) is 5.64. The molecule has 0 amide bonds. The summed E-state index contributed by atoms with van der Waals surface area (Å²) < 4.78 is 0. The molecule has 1 aromatic rings. The lowest BCUT2D eigenvalue weighted by atomic mass is 9.96. The molecule has 0 saturated carbocycles. The minimum absolute atomic E-state index is 0.154. The van der Waals surface area contributed by atoms with Crippen molar-refractivity contribution in [2.75, 3.05) is 30.4 Å². The number of aliphatic hydroxyl groups is 2. The summed E-state index contributed by atoms with van der Waals surface area (Å²) >= 11 is 0. The van der Waals surface area contributed by atoms with Crippen molar-refractivity contribution in [3.8, 4) is 0 Å². The Morgan fingerprint density at radius 1 is 1.14 bits per heavy atom. The van der Waals surface area contributed by atoms with Crippen LogP contribution in [0.25, 0.3) is 0 Å². The molecule has 0 bridgehead atoms. The van der Waals surface area contributed by atoms with E-state index in [2.05, 4.69) is 41.4 Å².